The van der Waals surface area contributed by atoms with Gasteiger partial charge in [0.1, 0.15) is 5.82 Å². The van der Waals surface area contributed by atoms with E-state index < -0.39 is 0 Å². The van der Waals surface area contributed by atoms with E-state index in [0.717, 1.165) is 18.7 Å². The van der Waals surface area contributed by atoms with Gasteiger partial charge in [0.15, 0.2) is 0 Å². The van der Waals surface area contributed by atoms with Crippen molar-refractivity contribution in [3.8, 4) is 0 Å². The number of aryl methyl sites for hydroxylation is 2. The fraction of sp³-hybridized carbons (Fsp3) is 0.500. The van der Waals surface area contributed by atoms with Crippen LogP contribution in [0.2, 0.25) is 0 Å². The molecule has 0 saturated carbocycles. The van der Waals surface area contributed by atoms with Gasteiger partial charge in [0, 0.05) is 54.8 Å². The quantitative estimate of drug-likeness (QED) is 0.779. The minimum Gasteiger partial charge on any atom is -0.361 e. The minimum absolute atomic E-state index is 0.635. The third-order valence-corrected chi connectivity index (χ3v) is 6.56. The van der Waals surface area contributed by atoms with Gasteiger partial charge in [-0.15, -0.1) is 0 Å². The van der Waals surface area contributed by atoms with Crippen molar-refractivity contribution >= 4 is 10.9 Å². The largest absolute Gasteiger partial charge is 0.361 e. The highest BCUT2D eigenvalue weighted by molar-refractivity contribution is 5.88. The van der Waals surface area contributed by atoms with Crippen LogP contribution in [0.25, 0.3) is 10.9 Å². The van der Waals surface area contributed by atoms with Gasteiger partial charge in [-0.1, -0.05) is 19.1 Å². The second-order valence-electron chi connectivity index (χ2n) is 8.31. The fourth-order valence-electron chi connectivity index (χ4n) is 5.50. The van der Waals surface area contributed by atoms with Crippen molar-refractivity contribution in [2.45, 2.75) is 51.6 Å². The van der Waals surface area contributed by atoms with Crippen molar-refractivity contribution in [1.82, 2.24) is 19.4 Å². The van der Waals surface area contributed by atoms with Gasteiger partial charge < -0.3 is 14.5 Å². The van der Waals surface area contributed by atoms with E-state index in [0.29, 0.717) is 17.9 Å². The van der Waals surface area contributed by atoms with E-state index in [1.54, 1.807) is 5.56 Å². The number of aromatic nitrogens is 3. The number of fused-ring (bicyclic) bond motifs is 2. The molecule has 4 nitrogen and oxygen atoms in total. The van der Waals surface area contributed by atoms with Gasteiger partial charge in [-0.05, 0) is 49.9 Å². The number of nitrogens with zero attached hydrogens (tertiary/aromatic N) is 3. The van der Waals surface area contributed by atoms with Crippen molar-refractivity contribution in [3.05, 3.63) is 53.2 Å². The number of benzene rings is 1. The topological polar surface area (TPSA) is 36.9 Å². The van der Waals surface area contributed by atoms with E-state index >= 15 is 0 Å². The summed E-state index contributed by atoms with van der Waals surface area (Å²) in [6.45, 7) is 6.58. The average Bonchev–Trinajstić information content (AvgIpc) is 3.20. The maximum atomic E-state index is 4.69. The maximum absolute atomic E-state index is 4.69. The fourth-order valence-corrected chi connectivity index (χ4v) is 5.50. The summed E-state index contributed by atoms with van der Waals surface area (Å²) < 4.78 is 2.40. The molecule has 0 unspecified atom stereocenters. The normalized spacial score (nSPS) is 25.6. The van der Waals surface area contributed by atoms with Gasteiger partial charge in [0.05, 0.1) is 5.69 Å². The first kappa shape index (κ1) is 16.1. The molecule has 5 rings (SSSR count). The van der Waals surface area contributed by atoms with E-state index in [-0.39, 0.29) is 0 Å². The summed E-state index contributed by atoms with van der Waals surface area (Å²) >= 11 is 0. The Morgan fingerprint density at radius 3 is 3.04 bits per heavy atom. The van der Waals surface area contributed by atoms with Crippen molar-refractivity contribution in [2.24, 2.45) is 5.92 Å². The number of likely N-dealkylation sites (tertiary alicyclic amines) is 1. The minimum atomic E-state index is 0.635. The average molecular weight is 348 g/mol. The molecule has 0 bridgehead atoms. The third kappa shape index (κ3) is 2.43. The van der Waals surface area contributed by atoms with E-state index in [1.807, 2.05) is 0 Å². The van der Waals surface area contributed by atoms with E-state index in [4.69, 9.17) is 4.98 Å². The van der Waals surface area contributed by atoms with Crippen LogP contribution in [0.5, 0.6) is 0 Å². The Balaban J connectivity index is 1.47. The molecule has 3 atom stereocenters. The molecule has 2 aromatic heterocycles. The lowest BCUT2D eigenvalue weighted by Crippen LogP contribution is -2.48. The van der Waals surface area contributed by atoms with Gasteiger partial charge in [-0.25, -0.2) is 4.98 Å². The number of piperidine rings is 1. The molecule has 4 heteroatoms. The lowest BCUT2D eigenvalue weighted by Gasteiger charge is -2.45. The number of rotatable bonds is 3. The summed E-state index contributed by atoms with van der Waals surface area (Å²) in [6, 6.07) is 7.44. The number of imidazole rings is 1. The van der Waals surface area contributed by atoms with Gasteiger partial charge >= 0.3 is 0 Å². The number of hydrogen-bond donors (Lipinski definition) is 1. The van der Waals surface area contributed by atoms with Gasteiger partial charge in [-0.3, -0.25) is 0 Å². The zero-order valence-corrected chi connectivity index (χ0v) is 16.0. The van der Waals surface area contributed by atoms with Crippen LogP contribution in [-0.2, 0) is 19.4 Å². The predicted molar refractivity (Wildman–Crippen MR) is 106 cm³/mol. The van der Waals surface area contributed by atoms with Crippen LogP contribution < -0.4 is 0 Å². The Morgan fingerprint density at radius 2 is 2.19 bits per heavy atom. The molecular weight excluding hydrogens is 320 g/mol. The predicted octanol–water partition coefficient (Wildman–Crippen LogP) is 3.90. The third-order valence-electron chi connectivity index (χ3n) is 6.56. The maximum Gasteiger partial charge on any atom is 0.108 e. The second-order valence-corrected chi connectivity index (χ2v) is 8.31. The molecule has 1 aliphatic carbocycles. The molecule has 3 heterocycles. The molecule has 136 valence electrons. The van der Waals surface area contributed by atoms with Crippen molar-refractivity contribution in [2.75, 3.05) is 13.6 Å². The van der Waals surface area contributed by atoms with E-state index in [9.17, 15) is 0 Å². The summed E-state index contributed by atoms with van der Waals surface area (Å²) in [6.07, 6.45) is 7.92. The first-order valence-electron chi connectivity index (χ1n) is 9.95. The summed E-state index contributed by atoms with van der Waals surface area (Å²) in [5, 5.41) is 1.50. The van der Waals surface area contributed by atoms with Crippen molar-refractivity contribution in [1.29, 1.82) is 0 Å². The summed E-state index contributed by atoms with van der Waals surface area (Å²) in [5.74, 6) is 2.54. The molecule has 0 amide bonds. The number of nitrogens with one attached hydrogen (secondary N) is 1. The van der Waals surface area contributed by atoms with Gasteiger partial charge in [0.25, 0.3) is 0 Å². The number of hydrogen-bond acceptors (Lipinski definition) is 2. The Kier molecular flexibility index (Phi) is 3.71. The van der Waals surface area contributed by atoms with Crippen LogP contribution in [-0.4, -0.2) is 39.1 Å². The van der Waals surface area contributed by atoms with Gasteiger partial charge in [-0.2, -0.15) is 0 Å². The van der Waals surface area contributed by atoms with Crippen LogP contribution in [0.4, 0.5) is 0 Å². The highest BCUT2D eigenvalue weighted by Gasteiger charge is 2.39. The standard InChI is InChI=1S/C22H28N4/c1-4-21-24-14(2)11-26(21)13-15-8-18-17-6-5-7-19-22(17)16(10-23-19)9-20(18)25(3)12-15/h5-7,10-11,15,18,20,23H,4,8-9,12-13H2,1-3H3/t15-,18-,20-/m1/s1. The lowest BCUT2D eigenvalue weighted by atomic mass is 9.72. The van der Waals surface area contributed by atoms with E-state index in [2.05, 4.69) is 65.9 Å². The van der Waals surface area contributed by atoms with Crippen molar-refractivity contribution < 1.29 is 0 Å². The molecule has 1 fully saturated rings. The Morgan fingerprint density at radius 1 is 1.31 bits per heavy atom. The van der Waals surface area contributed by atoms with Crippen LogP contribution in [0, 0.1) is 12.8 Å². The molecule has 3 aromatic rings. The molecule has 0 radical (unpaired) electrons. The second kappa shape index (κ2) is 5.98. The molecule has 1 N–H and O–H groups in total. The van der Waals surface area contributed by atoms with Crippen LogP contribution >= 0.6 is 0 Å². The van der Waals surface area contributed by atoms with Crippen molar-refractivity contribution in [3.63, 3.8) is 0 Å². The van der Waals surface area contributed by atoms with E-state index in [1.165, 1.54) is 41.7 Å². The van der Waals surface area contributed by atoms with Crippen LogP contribution in [0.3, 0.4) is 0 Å². The molecule has 1 saturated heterocycles. The molecule has 26 heavy (non-hydrogen) atoms. The zero-order chi connectivity index (χ0) is 17.8. The number of likely N-dealkylation sites (N-methyl/N-ethyl adjacent to an activating group) is 1. The zero-order valence-electron chi connectivity index (χ0n) is 16.0. The van der Waals surface area contributed by atoms with Crippen LogP contribution in [0.15, 0.2) is 30.6 Å². The number of aromatic amines is 1. The first-order chi connectivity index (χ1) is 12.6. The molecular formula is C22H28N4. The monoisotopic (exact) mass is 348 g/mol. The lowest BCUT2D eigenvalue weighted by molar-refractivity contribution is 0.103. The highest BCUT2D eigenvalue weighted by atomic mass is 15.2. The Bertz CT molecular complexity index is 950. The summed E-state index contributed by atoms with van der Waals surface area (Å²) in [5.41, 5.74) is 5.51. The summed E-state index contributed by atoms with van der Waals surface area (Å²) in [4.78, 5) is 10.8. The Hall–Kier alpha value is -2.07. The number of H-pyrrole nitrogens is 1. The molecule has 1 aromatic carbocycles. The first-order valence-corrected chi connectivity index (χ1v) is 9.95. The smallest absolute Gasteiger partial charge is 0.108 e. The van der Waals surface area contributed by atoms with Crippen LogP contribution in [0.1, 0.15) is 41.9 Å². The molecule has 0 spiro atoms. The molecule has 2 aliphatic rings. The highest BCUT2D eigenvalue weighted by Crippen LogP contribution is 2.44. The SMILES string of the molecule is CCc1nc(C)cn1C[C@@H]1C[C@@H]2c3cccc4[nH]cc(c34)C[C@H]2N(C)C1. The van der Waals surface area contributed by atoms with Gasteiger partial charge in [0.2, 0.25) is 0 Å². The summed E-state index contributed by atoms with van der Waals surface area (Å²) in [7, 11) is 2.32. The molecule has 1 aliphatic heterocycles. The Labute approximate surface area is 155 Å².